The van der Waals surface area contributed by atoms with Gasteiger partial charge in [0, 0.05) is 19.1 Å². The van der Waals surface area contributed by atoms with Crippen LogP contribution in [-0.4, -0.2) is 40.8 Å². The molecule has 112 valence electrons. The van der Waals surface area contributed by atoms with Crippen LogP contribution < -0.4 is 5.32 Å². The number of nitrogens with one attached hydrogen (secondary N) is 1. The summed E-state index contributed by atoms with van der Waals surface area (Å²) >= 11 is 0. The SMILES string of the molecule is CC1CCN(C(=O)c2cccc(C(=O)NC3CC3)n2)CC1. The number of carbonyl (C=O) groups is 2. The number of hydrogen-bond donors (Lipinski definition) is 1. The summed E-state index contributed by atoms with van der Waals surface area (Å²) in [6, 6.07) is 5.37. The van der Waals surface area contributed by atoms with Crippen molar-refractivity contribution < 1.29 is 9.59 Å². The van der Waals surface area contributed by atoms with Gasteiger partial charge in [0.1, 0.15) is 11.4 Å². The van der Waals surface area contributed by atoms with Crippen molar-refractivity contribution in [1.82, 2.24) is 15.2 Å². The fraction of sp³-hybridized carbons (Fsp3) is 0.562. The number of rotatable bonds is 3. The number of carbonyl (C=O) groups excluding carboxylic acids is 2. The number of likely N-dealkylation sites (tertiary alicyclic amines) is 1. The average molecular weight is 287 g/mol. The first-order chi connectivity index (χ1) is 10.1. The van der Waals surface area contributed by atoms with Crippen molar-refractivity contribution in [2.24, 2.45) is 5.92 Å². The maximum atomic E-state index is 12.4. The number of aromatic nitrogens is 1. The molecule has 2 fully saturated rings. The molecule has 1 aliphatic carbocycles. The lowest BCUT2D eigenvalue weighted by atomic mass is 9.99. The molecule has 3 rings (SSSR count). The Hall–Kier alpha value is -1.91. The molecule has 1 N–H and O–H groups in total. The summed E-state index contributed by atoms with van der Waals surface area (Å²) in [4.78, 5) is 30.5. The van der Waals surface area contributed by atoms with Gasteiger partial charge in [0.15, 0.2) is 0 Å². The molecule has 2 heterocycles. The van der Waals surface area contributed by atoms with E-state index in [2.05, 4.69) is 17.2 Å². The molecule has 1 saturated carbocycles. The van der Waals surface area contributed by atoms with Crippen LogP contribution >= 0.6 is 0 Å². The number of hydrogen-bond acceptors (Lipinski definition) is 3. The smallest absolute Gasteiger partial charge is 0.272 e. The Morgan fingerprint density at radius 1 is 1.14 bits per heavy atom. The number of pyridine rings is 1. The van der Waals surface area contributed by atoms with Gasteiger partial charge >= 0.3 is 0 Å². The van der Waals surface area contributed by atoms with E-state index in [9.17, 15) is 9.59 Å². The zero-order valence-corrected chi connectivity index (χ0v) is 12.3. The second-order valence-electron chi connectivity index (χ2n) is 6.13. The van der Waals surface area contributed by atoms with Crippen LogP contribution in [0.25, 0.3) is 0 Å². The van der Waals surface area contributed by atoms with Crippen molar-refractivity contribution in [3.05, 3.63) is 29.6 Å². The fourth-order valence-electron chi connectivity index (χ4n) is 2.54. The van der Waals surface area contributed by atoms with Gasteiger partial charge in [-0.1, -0.05) is 13.0 Å². The van der Waals surface area contributed by atoms with Crippen LogP contribution in [-0.2, 0) is 0 Å². The molecule has 1 aromatic heterocycles. The van der Waals surface area contributed by atoms with E-state index in [0.29, 0.717) is 23.3 Å². The minimum absolute atomic E-state index is 0.0667. The predicted molar refractivity (Wildman–Crippen MR) is 79.0 cm³/mol. The molecule has 0 atom stereocenters. The molecule has 5 heteroatoms. The summed E-state index contributed by atoms with van der Waals surface area (Å²) in [7, 11) is 0. The first-order valence-electron chi connectivity index (χ1n) is 7.70. The molecule has 0 bridgehead atoms. The Balaban J connectivity index is 1.69. The van der Waals surface area contributed by atoms with Crippen LogP contribution in [0.2, 0.25) is 0 Å². The van der Waals surface area contributed by atoms with Crippen molar-refractivity contribution in [1.29, 1.82) is 0 Å². The van der Waals surface area contributed by atoms with E-state index in [1.807, 2.05) is 4.90 Å². The van der Waals surface area contributed by atoms with E-state index in [1.54, 1.807) is 18.2 Å². The highest BCUT2D eigenvalue weighted by Gasteiger charge is 2.26. The molecule has 2 amide bonds. The standard InChI is InChI=1S/C16H21N3O2/c1-11-7-9-19(10-8-11)16(21)14-4-2-3-13(18-14)15(20)17-12-5-6-12/h2-4,11-12H,5-10H2,1H3,(H,17,20). The first kappa shape index (κ1) is 14.0. The zero-order valence-electron chi connectivity index (χ0n) is 12.3. The van der Waals surface area contributed by atoms with Gasteiger partial charge in [-0.25, -0.2) is 4.98 Å². The maximum Gasteiger partial charge on any atom is 0.272 e. The monoisotopic (exact) mass is 287 g/mol. The van der Waals surface area contributed by atoms with Gasteiger partial charge in [-0.05, 0) is 43.7 Å². The van der Waals surface area contributed by atoms with Crippen molar-refractivity contribution in [3.8, 4) is 0 Å². The Morgan fingerprint density at radius 3 is 2.48 bits per heavy atom. The lowest BCUT2D eigenvalue weighted by Crippen LogP contribution is -2.38. The van der Waals surface area contributed by atoms with Gasteiger partial charge in [-0.2, -0.15) is 0 Å². The lowest BCUT2D eigenvalue weighted by Gasteiger charge is -2.30. The van der Waals surface area contributed by atoms with Crippen LogP contribution in [0.15, 0.2) is 18.2 Å². The second kappa shape index (κ2) is 5.84. The number of nitrogens with zero attached hydrogens (tertiary/aromatic N) is 2. The average Bonchev–Trinajstić information content (AvgIpc) is 3.31. The Kier molecular flexibility index (Phi) is 3.90. The summed E-state index contributed by atoms with van der Waals surface area (Å²) in [6.45, 7) is 3.77. The van der Waals surface area contributed by atoms with E-state index >= 15 is 0 Å². The molecule has 1 aliphatic heterocycles. The topological polar surface area (TPSA) is 62.3 Å². The Labute approximate surface area is 124 Å². The van der Waals surface area contributed by atoms with Gasteiger partial charge in [-0.15, -0.1) is 0 Å². The van der Waals surface area contributed by atoms with E-state index in [-0.39, 0.29) is 11.8 Å². The minimum atomic E-state index is -0.181. The van der Waals surface area contributed by atoms with Crippen molar-refractivity contribution in [2.75, 3.05) is 13.1 Å². The van der Waals surface area contributed by atoms with Crippen LogP contribution in [0.4, 0.5) is 0 Å². The van der Waals surface area contributed by atoms with E-state index in [1.165, 1.54) is 0 Å². The van der Waals surface area contributed by atoms with Gasteiger partial charge in [0.2, 0.25) is 0 Å². The number of amides is 2. The zero-order chi connectivity index (χ0) is 14.8. The van der Waals surface area contributed by atoms with Crippen LogP contribution in [0, 0.1) is 5.92 Å². The number of piperidine rings is 1. The molecular formula is C16H21N3O2. The molecule has 5 nitrogen and oxygen atoms in total. The first-order valence-corrected chi connectivity index (χ1v) is 7.70. The minimum Gasteiger partial charge on any atom is -0.348 e. The van der Waals surface area contributed by atoms with Crippen LogP contribution in [0.3, 0.4) is 0 Å². The predicted octanol–water partition coefficient (Wildman–Crippen LogP) is 1.85. The van der Waals surface area contributed by atoms with Crippen molar-refractivity contribution in [3.63, 3.8) is 0 Å². The molecule has 21 heavy (non-hydrogen) atoms. The molecule has 0 radical (unpaired) electrons. The third-order valence-corrected chi connectivity index (χ3v) is 4.18. The summed E-state index contributed by atoms with van der Waals surface area (Å²) in [5, 5.41) is 2.90. The third kappa shape index (κ3) is 3.40. The summed E-state index contributed by atoms with van der Waals surface area (Å²) in [5.41, 5.74) is 0.700. The second-order valence-corrected chi connectivity index (χ2v) is 6.13. The molecule has 1 aromatic rings. The van der Waals surface area contributed by atoms with Crippen LogP contribution in [0.1, 0.15) is 53.6 Å². The quantitative estimate of drug-likeness (QED) is 0.922. The molecule has 2 aliphatic rings. The highest BCUT2D eigenvalue weighted by Crippen LogP contribution is 2.20. The van der Waals surface area contributed by atoms with Gasteiger partial charge in [-0.3, -0.25) is 9.59 Å². The normalized spacial score (nSPS) is 19.4. The Bertz CT molecular complexity index is 546. The molecule has 1 saturated heterocycles. The van der Waals surface area contributed by atoms with Crippen molar-refractivity contribution in [2.45, 2.75) is 38.6 Å². The van der Waals surface area contributed by atoms with Crippen LogP contribution in [0.5, 0.6) is 0 Å². The van der Waals surface area contributed by atoms with Crippen molar-refractivity contribution >= 4 is 11.8 Å². The summed E-state index contributed by atoms with van der Waals surface area (Å²) in [5.74, 6) is 0.431. The van der Waals surface area contributed by atoms with E-state index < -0.39 is 0 Å². The highest BCUT2D eigenvalue weighted by atomic mass is 16.2. The summed E-state index contributed by atoms with van der Waals surface area (Å²) < 4.78 is 0. The third-order valence-electron chi connectivity index (χ3n) is 4.18. The van der Waals surface area contributed by atoms with E-state index in [0.717, 1.165) is 38.8 Å². The van der Waals surface area contributed by atoms with Gasteiger partial charge in [0.25, 0.3) is 11.8 Å². The molecule has 0 aromatic carbocycles. The summed E-state index contributed by atoms with van der Waals surface area (Å²) in [6.07, 6.45) is 4.15. The fourth-order valence-corrected chi connectivity index (χ4v) is 2.54. The molecule has 0 spiro atoms. The Morgan fingerprint density at radius 2 is 1.81 bits per heavy atom. The molecule has 0 unspecified atom stereocenters. The van der Waals surface area contributed by atoms with Gasteiger partial charge < -0.3 is 10.2 Å². The van der Waals surface area contributed by atoms with Gasteiger partial charge in [0.05, 0.1) is 0 Å². The highest BCUT2D eigenvalue weighted by molar-refractivity contribution is 5.96. The molecular weight excluding hydrogens is 266 g/mol. The lowest BCUT2D eigenvalue weighted by molar-refractivity contribution is 0.0691. The maximum absolute atomic E-state index is 12.4. The largest absolute Gasteiger partial charge is 0.348 e. The van der Waals surface area contributed by atoms with E-state index in [4.69, 9.17) is 0 Å².